The minimum absolute atomic E-state index is 0.0749. The number of carbonyl (C=O) groups excluding carboxylic acids is 1. The smallest absolute Gasteiger partial charge is 0.250 e. The van der Waals surface area contributed by atoms with E-state index in [1.54, 1.807) is 13.2 Å². The molecule has 1 aromatic carbocycles. The maximum absolute atomic E-state index is 13.3. The summed E-state index contributed by atoms with van der Waals surface area (Å²) in [7, 11) is 1.70. The summed E-state index contributed by atoms with van der Waals surface area (Å²) < 4.78 is 9.32. The van der Waals surface area contributed by atoms with E-state index in [2.05, 4.69) is 22.9 Å². The van der Waals surface area contributed by atoms with E-state index in [9.17, 15) is 9.59 Å². The van der Waals surface area contributed by atoms with Gasteiger partial charge in [0.1, 0.15) is 0 Å². The monoisotopic (exact) mass is 405 g/mol. The van der Waals surface area contributed by atoms with Crippen molar-refractivity contribution in [3.63, 3.8) is 0 Å². The number of carbonyl (C=O) groups is 1. The predicted octanol–water partition coefficient (Wildman–Crippen LogP) is 2.64. The molecule has 2 aliphatic rings. The number of aromatic nitrogens is 2. The van der Waals surface area contributed by atoms with Crippen molar-refractivity contribution in [1.29, 1.82) is 0 Å². The van der Waals surface area contributed by atoms with Crippen molar-refractivity contribution in [3.8, 4) is 0 Å². The van der Waals surface area contributed by atoms with Crippen LogP contribution in [0.1, 0.15) is 23.6 Å². The molecule has 0 aliphatic carbocycles. The number of methoxy groups -OCH3 is 1. The maximum Gasteiger partial charge on any atom is 0.250 e. The Balaban J connectivity index is 1.37. The standard InChI is InChI=1S/C24H27N3O3/c1-30-10-9-25-15-18(20-5-2-3-6-22(20)25)12-24(29)26-13-17-11-19(16-26)21-7-4-8-23(28)27(21)14-17/h2-8,15,17,19H,9-14,16H2,1H3. The number of pyridine rings is 1. The molecule has 2 aliphatic heterocycles. The number of ether oxygens (including phenoxy) is 1. The van der Waals surface area contributed by atoms with Gasteiger partial charge in [-0.25, -0.2) is 0 Å². The van der Waals surface area contributed by atoms with E-state index in [0.717, 1.165) is 41.7 Å². The van der Waals surface area contributed by atoms with Crippen molar-refractivity contribution >= 4 is 16.8 Å². The topological polar surface area (TPSA) is 56.5 Å². The summed E-state index contributed by atoms with van der Waals surface area (Å²) in [5, 5.41) is 1.14. The average molecular weight is 405 g/mol. The Hall–Kier alpha value is -2.86. The van der Waals surface area contributed by atoms with E-state index in [0.29, 0.717) is 32.0 Å². The van der Waals surface area contributed by atoms with Crippen LogP contribution in [0.15, 0.2) is 53.5 Å². The molecule has 4 heterocycles. The lowest BCUT2D eigenvalue weighted by Crippen LogP contribution is -2.49. The molecule has 2 atom stereocenters. The molecule has 0 radical (unpaired) electrons. The SMILES string of the molecule is COCCn1cc(CC(=O)N2CC3CC(C2)c2cccc(=O)n2C3)c2ccccc21. The molecule has 2 unspecified atom stereocenters. The summed E-state index contributed by atoms with van der Waals surface area (Å²) in [6, 6.07) is 13.8. The Morgan fingerprint density at radius 2 is 1.97 bits per heavy atom. The Kier molecular flexibility index (Phi) is 4.95. The molecule has 5 rings (SSSR count). The van der Waals surface area contributed by atoms with Crippen molar-refractivity contribution in [2.75, 3.05) is 26.8 Å². The highest BCUT2D eigenvalue weighted by Gasteiger charge is 2.36. The molecule has 6 nitrogen and oxygen atoms in total. The van der Waals surface area contributed by atoms with Gasteiger partial charge in [0.25, 0.3) is 5.56 Å². The first-order valence-electron chi connectivity index (χ1n) is 10.7. The molecule has 2 aromatic heterocycles. The van der Waals surface area contributed by atoms with E-state index in [1.807, 2.05) is 33.7 Å². The summed E-state index contributed by atoms with van der Waals surface area (Å²) >= 11 is 0. The van der Waals surface area contributed by atoms with Crippen molar-refractivity contribution in [2.24, 2.45) is 5.92 Å². The van der Waals surface area contributed by atoms with Crippen molar-refractivity contribution < 1.29 is 9.53 Å². The third kappa shape index (κ3) is 3.35. The predicted molar refractivity (Wildman–Crippen MR) is 116 cm³/mol. The second kappa shape index (κ2) is 7.76. The fourth-order valence-corrected chi connectivity index (χ4v) is 5.21. The lowest BCUT2D eigenvalue weighted by Gasteiger charge is -2.42. The van der Waals surface area contributed by atoms with Crippen molar-refractivity contribution in [2.45, 2.75) is 31.8 Å². The molecule has 0 N–H and O–H groups in total. The van der Waals surface area contributed by atoms with Crippen molar-refractivity contribution in [1.82, 2.24) is 14.0 Å². The number of fused-ring (bicyclic) bond motifs is 5. The normalized spacial score (nSPS) is 20.4. The van der Waals surface area contributed by atoms with Crippen LogP contribution >= 0.6 is 0 Å². The lowest BCUT2D eigenvalue weighted by atomic mass is 9.83. The van der Waals surface area contributed by atoms with Crippen LogP contribution in [0.3, 0.4) is 0 Å². The zero-order chi connectivity index (χ0) is 20.7. The third-order valence-corrected chi connectivity index (χ3v) is 6.58. The fourth-order valence-electron chi connectivity index (χ4n) is 5.21. The summed E-state index contributed by atoms with van der Waals surface area (Å²) in [6.45, 7) is 3.55. The first-order chi connectivity index (χ1) is 14.6. The Bertz CT molecular complexity index is 1150. The van der Waals surface area contributed by atoms with Gasteiger partial charge in [-0.15, -0.1) is 0 Å². The zero-order valence-electron chi connectivity index (χ0n) is 17.3. The summed E-state index contributed by atoms with van der Waals surface area (Å²) in [5.41, 5.74) is 3.36. The van der Waals surface area contributed by atoms with Crippen LogP contribution in [0.2, 0.25) is 0 Å². The maximum atomic E-state index is 13.3. The summed E-state index contributed by atoms with van der Waals surface area (Å²) in [4.78, 5) is 27.5. The zero-order valence-corrected chi connectivity index (χ0v) is 17.3. The number of piperidine rings is 1. The summed E-state index contributed by atoms with van der Waals surface area (Å²) in [6.07, 6.45) is 3.56. The van der Waals surface area contributed by atoms with E-state index in [-0.39, 0.29) is 17.4 Å². The van der Waals surface area contributed by atoms with Gasteiger partial charge >= 0.3 is 0 Å². The van der Waals surface area contributed by atoms with Crippen LogP contribution in [0, 0.1) is 5.92 Å². The van der Waals surface area contributed by atoms with Gasteiger partial charge in [0.05, 0.1) is 13.0 Å². The minimum Gasteiger partial charge on any atom is -0.383 e. The highest BCUT2D eigenvalue weighted by Crippen LogP contribution is 2.35. The number of nitrogens with zero attached hydrogens (tertiary/aromatic N) is 3. The van der Waals surface area contributed by atoms with Crippen LogP contribution in [0.25, 0.3) is 10.9 Å². The molecular formula is C24H27N3O3. The second-order valence-electron chi connectivity index (χ2n) is 8.53. The van der Waals surface area contributed by atoms with E-state index >= 15 is 0 Å². The molecule has 2 bridgehead atoms. The largest absolute Gasteiger partial charge is 0.383 e. The molecule has 3 aromatic rings. The number of benzene rings is 1. The third-order valence-electron chi connectivity index (χ3n) is 6.58. The van der Waals surface area contributed by atoms with Crippen LogP contribution in [-0.2, 0) is 29.0 Å². The van der Waals surface area contributed by atoms with Crippen LogP contribution < -0.4 is 5.56 Å². The fraction of sp³-hybridized carbons (Fsp3) is 0.417. The highest BCUT2D eigenvalue weighted by molar-refractivity contribution is 5.89. The number of hydrogen-bond acceptors (Lipinski definition) is 3. The highest BCUT2D eigenvalue weighted by atomic mass is 16.5. The molecule has 30 heavy (non-hydrogen) atoms. The molecule has 1 saturated heterocycles. The molecular weight excluding hydrogens is 378 g/mol. The van der Waals surface area contributed by atoms with E-state index in [1.165, 1.54) is 0 Å². The van der Waals surface area contributed by atoms with Gasteiger partial charge in [0, 0.05) is 68.1 Å². The second-order valence-corrected chi connectivity index (χ2v) is 8.53. The van der Waals surface area contributed by atoms with Gasteiger partial charge in [-0.3, -0.25) is 9.59 Å². The first-order valence-corrected chi connectivity index (χ1v) is 10.7. The quantitative estimate of drug-likeness (QED) is 0.656. The number of likely N-dealkylation sites (tertiary alicyclic amines) is 1. The van der Waals surface area contributed by atoms with E-state index in [4.69, 9.17) is 4.74 Å². The Morgan fingerprint density at radius 3 is 2.83 bits per heavy atom. The van der Waals surface area contributed by atoms with Crippen molar-refractivity contribution in [3.05, 3.63) is 70.3 Å². The van der Waals surface area contributed by atoms with Crippen LogP contribution in [0.4, 0.5) is 0 Å². The van der Waals surface area contributed by atoms with E-state index < -0.39 is 0 Å². The van der Waals surface area contributed by atoms with Gasteiger partial charge in [0.2, 0.25) is 5.91 Å². The Morgan fingerprint density at radius 1 is 1.10 bits per heavy atom. The average Bonchev–Trinajstić information content (AvgIpc) is 3.10. The van der Waals surface area contributed by atoms with Crippen LogP contribution in [0.5, 0.6) is 0 Å². The minimum atomic E-state index is 0.0749. The summed E-state index contributed by atoms with van der Waals surface area (Å²) in [5.74, 6) is 0.771. The lowest BCUT2D eigenvalue weighted by molar-refractivity contribution is -0.133. The van der Waals surface area contributed by atoms with Gasteiger partial charge in [-0.2, -0.15) is 0 Å². The van der Waals surface area contributed by atoms with Gasteiger partial charge in [0.15, 0.2) is 0 Å². The van der Waals surface area contributed by atoms with Gasteiger partial charge < -0.3 is 18.8 Å². The Labute approximate surface area is 175 Å². The molecule has 1 fully saturated rings. The van der Waals surface area contributed by atoms with Gasteiger partial charge in [-0.1, -0.05) is 24.3 Å². The first kappa shape index (κ1) is 19.1. The molecule has 6 heteroatoms. The number of rotatable bonds is 5. The molecule has 0 spiro atoms. The molecule has 156 valence electrons. The molecule has 1 amide bonds. The number of amides is 1. The number of hydrogen-bond donors (Lipinski definition) is 0. The van der Waals surface area contributed by atoms with Gasteiger partial charge in [-0.05, 0) is 30.0 Å². The number of para-hydroxylation sites is 1. The van der Waals surface area contributed by atoms with Crippen LogP contribution in [-0.4, -0.2) is 46.7 Å². The molecule has 0 saturated carbocycles.